The fourth-order valence-corrected chi connectivity index (χ4v) is 2.43. The Bertz CT molecular complexity index is 631. The molecule has 21 heavy (non-hydrogen) atoms. The molecule has 1 aromatic carbocycles. The maximum absolute atomic E-state index is 13.3. The molecule has 1 aromatic rings. The lowest BCUT2D eigenvalue weighted by molar-refractivity contribution is 0.0714. The van der Waals surface area contributed by atoms with Crippen molar-refractivity contribution < 1.29 is 22.3 Å². The van der Waals surface area contributed by atoms with Crippen LogP contribution in [0.1, 0.15) is 10.4 Å². The van der Waals surface area contributed by atoms with Crippen molar-refractivity contribution in [1.82, 2.24) is 4.90 Å². The Morgan fingerprint density at radius 3 is 2.71 bits per heavy atom. The fraction of sp³-hybridized carbons (Fsp3) is 0.308. The minimum absolute atomic E-state index is 0.169. The molecular weight excluding hydrogens is 299 g/mol. The van der Waals surface area contributed by atoms with Gasteiger partial charge in [-0.3, -0.25) is 4.79 Å². The van der Waals surface area contributed by atoms with Gasteiger partial charge in [0.1, 0.15) is 5.82 Å². The number of sulfonamides is 1. The molecule has 0 atom stereocenters. The number of methoxy groups -OCH3 is 1. The molecule has 0 heterocycles. The van der Waals surface area contributed by atoms with E-state index in [-0.39, 0.29) is 25.3 Å². The van der Waals surface area contributed by atoms with Crippen LogP contribution in [0.3, 0.4) is 0 Å². The Labute approximate surface area is 123 Å². The van der Waals surface area contributed by atoms with E-state index in [9.17, 15) is 17.6 Å². The number of hydrogen-bond donors (Lipinski definition) is 1. The van der Waals surface area contributed by atoms with Gasteiger partial charge in [0.05, 0.1) is 17.1 Å². The normalized spacial score (nSPS) is 11.2. The highest BCUT2D eigenvalue weighted by Gasteiger charge is 2.23. The number of rotatable bonds is 7. The van der Waals surface area contributed by atoms with E-state index in [1.165, 1.54) is 18.1 Å². The first-order valence-corrected chi connectivity index (χ1v) is 7.57. The summed E-state index contributed by atoms with van der Waals surface area (Å²) in [5, 5.41) is 5.05. The molecule has 1 rings (SSSR count). The van der Waals surface area contributed by atoms with Crippen molar-refractivity contribution in [3.8, 4) is 0 Å². The third-order valence-electron chi connectivity index (χ3n) is 2.68. The van der Waals surface area contributed by atoms with Crippen molar-refractivity contribution in [2.24, 2.45) is 5.14 Å². The Morgan fingerprint density at radius 2 is 2.19 bits per heavy atom. The van der Waals surface area contributed by atoms with Crippen LogP contribution in [0.5, 0.6) is 0 Å². The van der Waals surface area contributed by atoms with E-state index in [0.717, 1.165) is 18.2 Å². The van der Waals surface area contributed by atoms with Crippen molar-refractivity contribution in [3.05, 3.63) is 42.2 Å². The predicted octanol–water partition coefficient (Wildman–Crippen LogP) is 0.748. The van der Waals surface area contributed by atoms with Crippen LogP contribution in [0.2, 0.25) is 0 Å². The van der Waals surface area contributed by atoms with Crippen LogP contribution in [0.4, 0.5) is 4.39 Å². The summed E-state index contributed by atoms with van der Waals surface area (Å²) in [6, 6.07) is 2.76. The molecule has 0 saturated heterocycles. The minimum atomic E-state index is -4.14. The molecule has 2 N–H and O–H groups in total. The third-order valence-corrected chi connectivity index (χ3v) is 3.65. The van der Waals surface area contributed by atoms with Gasteiger partial charge in [-0.25, -0.2) is 17.9 Å². The number of primary sulfonamides is 1. The number of nitrogens with zero attached hydrogens (tertiary/aromatic N) is 1. The van der Waals surface area contributed by atoms with Gasteiger partial charge < -0.3 is 9.64 Å². The second-order valence-corrected chi connectivity index (χ2v) is 5.75. The quantitative estimate of drug-likeness (QED) is 0.752. The van der Waals surface area contributed by atoms with E-state index in [1.807, 2.05) is 0 Å². The van der Waals surface area contributed by atoms with Gasteiger partial charge in [-0.15, -0.1) is 6.58 Å². The average molecular weight is 316 g/mol. The van der Waals surface area contributed by atoms with Gasteiger partial charge in [0.25, 0.3) is 5.91 Å². The lowest BCUT2D eigenvalue weighted by Gasteiger charge is -2.21. The zero-order chi connectivity index (χ0) is 16.0. The Kier molecular flexibility index (Phi) is 6.01. The zero-order valence-electron chi connectivity index (χ0n) is 11.6. The SMILES string of the molecule is C=CCN(CCOC)C(=O)c1cc(F)ccc1S(N)(=O)=O. The van der Waals surface area contributed by atoms with Crippen molar-refractivity contribution >= 4 is 15.9 Å². The van der Waals surface area contributed by atoms with Crippen LogP contribution in [0, 0.1) is 5.82 Å². The lowest BCUT2D eigenvalue weighted by atomic mass is 10.2. The van der Waals surface area contributed by atoms with E-state index in [1.54, 1.807) is 0 Å². The molecular formula is C13H17FN2O4S. The summed E-state index contributed by atoms with van der Waals surface area (Å²) in [6.07, 6.45) is 1.48. The molecule has 0 bridgehead atoms. The number of benzene rings is 1. The van der Waals surface area contributed by atoms with Gasteiger partial charge in [0.2, 0.25) is 10.0 Å². The number of carbonyl (C=O) groups excluding carboxylic acids is 1. The van der Waals surface area contributed by atoms with Crippen LogP contribution in [-0.4, -0.2) is 46.0 Å². The Hall–Kier alpha value is -1.77. The van der Waals surface area contributed by atoms with Crippen LogP contribution in [0.15, 0.2) is 35.7 Å². The summed E-state index contributed by atoms with van der Waals surface area (Å²) in [5.74, 6) is -1.38. The van der Waals surface area contributed by atoms with Gasteiger partial charge >= 0.3 is 0 Å². The molecule has 0 aromatic heterocycles. The Balaban J connectivity index is 3.26. The molecule has 0 radical (unpaired) electrons. The van der Waals surface area contributed by atoms with Gasteiger partial charge in [0.15, 0.2) is 0 Å². The van der Waals surface area contributed by atoms with E-state index in [0.29, 0.717) is 0 Å². The van der Waals surface area contributed by atoms with Crippen LogP contribution >= 0.6 is 0 Å². The number of halogens is 1. The van der Waals surface area contributed by atoms with E-state index >= 15 is 0 Å². The second kappa shape index (κ2) is 7.30. The molecule has 116 valence electrons. The molecule has 0 aliphatic rings. The van der Waals surface area contributed by atoms with Crippen molar-refractivity contribution in [2.75, 3.05) is 26.8 Å². The van der Waals surface area contributed by atoms with Crippen molar-refractivity contribution in [2.45, 2.75) is 4.90 Å². The largest absolute Gasteiger partial charge is 0.383 e. The number of hydrogen-bond acceptors (Lipinski definition) is 4. The summed E-state index contributed by atoms with van der Waals surface area (Å²) >= 11 is 0. The maximum Gasteiger partial charge on any atom is 0.255 e. The van der Waals surface area contributed by atoms with Crippen molar-refractivity contribution in [1.29, 1.82) is 0 Å². The molecule has 0 spiro atoms. The summed E-state index contributed by atoms with van der Waals surface area (Å²) in [7, 11) is -2.67. The summed E-state index contributed by atoms with van der Waals surface area (Å²) < 4.78 is 41.2. The van der Waals surface area contributed by atoms with Crippen LogP contribution in [0.25, 0.3) is 0 Å². The zero-order valence-corrected chi connectivity index (χ0v) is 12.4. The molecule has 0 saturated carbocycles. The third kappa shape index (κ3) is 4.62. The monoisotopic (exact) mass is 316 g/mol. The second-order valence-electron chi connectivity index (χ2n) is 4.22. The van der Waals surface area contributed by atoms with Gasteiger partial charge in [0, 0.05) is 20.2 Å². The lowest BCUT2D eigenvalue weighted by Crippen LogP contribution is -2.35. The molecule has 0 unspecified atom stereocenters. The molecule has 1 amide bonds. The highest BCUT2D eigenvalue weighted by molar-refractivity contribution is 7.89. The average Bonchev–Trinajstić information content (AvgIpc) is 2.41. The summed E-state index contributed by atoms with van der Waals surface area (Å²) in [4.78, 5) is 13.3. The highest BCUT2D eigenvalue weighted by atomic mass is 32.2. The van der Waals surface area contributed by atoms with Gasteiger partial charge in [-0.1, -0.05) is 6.08 Å². The number of amides is 1. The highest BCUT2D eigenvalue weighted by Crippen LogP contribution is 2.18. The predicted molar refractivity (Wildman–Crippen MR) is 75.7 cm³/mol. The topological polar surface area (TPSA) is 89.7 Å². The summed E-state index contributed by atoms with van der Waals surface area (Å²) in [6.45, 7) is 4.15. The number of nitrogens with two attached hydrogens (primary N) is 1. The first-order chi connectivity index (χ1) is 9.81. The first kappa shape index (κ1) is 17.3. The molecule has 0 fully saturated rings. The Morgan fingerprint density at radius 1 is 1.52 bits per heavy atom. The van der Waals surface area contributed by atoms with Gasteiger partial charge in [-0.05, 0) is 18.2 Å². The first-order valence-electron chi connectivity index (χ1n) is 6.02. The van der Waals surface area contributed by atoms with Crippen LogP contribution in [-0.2, 0) is 14.8 Å². The fourth-order valence-electron chi connectivity index (χ4n) is 1.72. The smallest absolute Gasteiger partial charge is 0.255 e. The maximum atomic E-state index is 13.3. The minimum Gasteiger partial charge on any atom is -0.383 e. The van der Waals surface area contributed by atoms with E-state index in [2.05, 4.69) is 6.58 Å². The van der Waals surface area contributed by atoms with Gasteiger partial charge in [-0.2, -0.15) is 0 Å². The standard InChI is InChI=1S/C13H17FN2O4S/c1-3-6-16(7-8-20-2)13(17)11-9-10(14)4-5-12(11)21(15,18)19/h3-5,9H,1,6-8H2,2H3,(H2,15,18,19). The molecule has 6 nitrogen and oxygen atoms in total. The number of carbonyl (C=O) groups is 1. The van der Waals surface area contributed by atoms with Crippen molar-refractivity contribution in [3.63, 3.8) is 0 Å². The number of ether oxygens (including phenoxy) is 1. The van der Waals surface area contributed by atoms with E-state index < -0.39 is 26.6 Å². The van der Waals surface area contributed by atoms with Crippen LogP contribution < -0.4 is 5.14 Å². The summed E-state index contributed by atoms with van der Waals surface area (Å²) in [5.41, 5.74) is -0.310. The molecule has 0 aliphatic heterocycles. The molecule has 8 heteroatoms. The van der Waals surface area contributed by atoms with E-state index in [4.69, 9.17) is 9.88 Å². The molecule has 0 aliphatic carbocycles.